The van der Waals surface area contributed by atoms with E-state index in [-0.39, 0.29) is 12.8 Å². The van der Waals surface area contributed by atoms with Crippen molar-refractivity contribution in [3.8, 4) is 0 Å². The first kappa shape index (κ1) is 9.27. The van der Waals surface area contributed by atoms with E-state index in [1.54, 1.807) is 0 Å². The molecule has 1 aliphatic rings. The normalized spacial score (nSPS) is 21.9. The van der Waals surface area contributed by atoms with Gasteiger partial charge in [0.15, 0.2) is 6.17 Å². The fraction of sp³-hybridized carbons (Fsp3) is 0.800. The molecular weight excluding hydrogens is 182 g/mol. The molecule has 0 aromatic rings. The Morgan fingerprint density at radius 2 is 2.33 bits per heavy atom. The topological polar surface area (TPSA) is 80.5 Å². The number of nitrogens with zero attached hydrogens (tertiary/aromatic N) is 3. The molecule has 6 nitrogen and oxygen atoms in total. The molecule has 1 aliphatic heterocycles. The van der Waals surface area contributed by atoms with Crippen LogP contribution in [0.1, 0.15) is 6.42 Å². The van der Waals surface area contributed by atoms with E-state index in [2.05, 4.69) is 19.4 Å². The van der Waals surface area contributed by atoms with E-state index < -0.39 is 10.1 Å². The Kier molecular flexibility index (Phi) is 2.88. The fourth-order valence-corrected chi connectivity index (χ4v) is 1.08. The Morgan fingerprint density at radius 3 is 2.83 bits per heavy atom. The zero-order valence-corrected chi connectivity index (χ0v) is 7.36. The second-order valence-corrected chi connectivity index (χ2v) is 3.93. The average molecular weight is 191 g/mol. The highest BCUT2D eigenvalue weighted by molar-refractivity contribution is 7.85. The van der Waals surface area contributed by atoms with Crippen LogP contribution in [-0.4, -0.2) is 33.8 Å². The molecule has 0 aliphatic carbocycles. The summed E-state index contributed by atoms with van der Waals surface area (Å²) >= 11 is 0. The minimum absolute atomic E-state index is 0.0971. The van der Waals surface area contributed by atoms with Crippen molar-refractivity contribution in [2.24, 2.45) is 15.2 Å². The highest BCUT2D eigenvalue weighted by Crippen LogP contribution is 2.05. The maximum absolute atomic E-state index is 10.5. The predicted molar refractivity (Wildman–Crippen MR) is 42.5 cm³/mol. The van der Waals surface area contributed by atoms with Gasteiger partial charge in [-0.3, -0.25) is 4.18 Å². The van der Waals surface area contributed by atoms with Gasteiger partial charge in [0, 0.05) is 6.42 Å². The molecule has 1 heterocycles. The van der Waals surface area contributed by atoms with Crippen LogP contribution < -0.4 is 0 Å². The van der Waals surface area contributed by atoms with E-state index in [0.717, 1.165) is 6.26 Å². The molecule has 12 heavy (non-hydrogen) atoms. The molecule has 0 radical (unpaired) electrons. The summed E-state index contributed by atoms with van der Waals surface area (Å²) in [5, 5.41) is 7.19. The molecule has 0 aromatic heterocycles. The SMILES string of the molecule is CS(=O)(=O)OCCC1N=CN=N1. The van der Waals surface area contributed by atoms with E-state index in [4.69, 9.17) is 0 Å². The minimum Gasteiger partial charge on any atom is -0.270 e. The van der Waals surface area contributed by atoms with Gasteiger partial charge in [-0.05, 0) is 0 Å². The molecule has 0 saturated carbocycles. The first-order valence-corrected chi connectivity index (χ1v) is 5.15. The molecule has 1 atom stereocenters. The Hall–Kier alpha value is -0.820. The lowest BCUT2D eigenvalue weighted by Crippen LogP contribution is -2.08. The van der Waals surface area contributed by atoms with Gasteiger partial charge in [-0.25, -0.2) is 4.99 Å². The van der Waals surface area contributed by atoms with E-state index in [1.165, 1.54) is 6.34 Å². The maximum Gasteiger partial charge on any atom is 0.264 e. The van der Waals surface area contributed by atoms with Crippen LogP contribution >= 0.6 is 0 Å². The van der Waals surface area contributed by atoms with Crippen LogP contribution in [0.5, 0.6) is 0 Å². The highest BCUT2D eigenvalue weighted by Gasteiger charge is 2.09. The third-order valence-corrected chi connectivity index (χ3v) is 1.76. The van der Waals surface area contributed by atoms with E-state index in [1.807, 2.05) is 0 Å². The van der Waals surface area contributed by atoms with Crippen molar-refractivity contribution in [1.29, 1.82) is 0 Å². The van der Waals surface area contributed by atoms with Crippen molar-refractivity contribution in [2.45, 2.75) is 12.6 Å². The Morgan fingerprint density at radius 1 is 1.58 bits per heavy atom. The highest BCUT2D eigenvalue weighted by atomic mass is 32.2. The van der Waals surface area contributed by atoms with Gasteiger partial charge in [0.25, 0.3) is 10.1 Å². The van der Waals surface area contributed by atoms with Crippen LogP contribution in [0.15, 0.2) is 15.2 Å². The zero-order chi connectivity index (χ0) is 9.03. The molecule has 0 saturated heterocycles. The van der Waals surface area contributed by atoms with Gasteiger partial charge < -0.3 is 0 Å². The van der Waals surface area contributed by atoms with Crippen LogP contribution in [-0.2, 0) is 14.3 Å². The van der Waals surface area contributed by atoms with Crippen molar-refractivity contribution in [1.82, 2.24) is 0 Å². The maximum atomic E-state index is 10.5. The van der Waals surface area contributed by atoms with E-state index in [0.29, 0.717) is 6.42 Å². The molecule has 0 aromatic carbocycles. The molecule has 1 rings (SSSR count). The summed E-state index contributed by atoms with van der Waals surface area (Å²) in [4.78, 5) is 3.82. The first-order valence-electron chi connectivity index (χ1n) is 3.34. The molecule has 7 heteroatoms. The predicted octanol–water partition coefficient (Wildman–Crippen LogP) is 0.173. The first-order chi connectivity index (χ1) is 5.58. The summed E-state index contributed by atoms with van der Waals surface area (Å²) in [6.07, 6.45) is 2.51. The summed E-state index contributed by atoms with van der Waals surface area (Å²) in [5.74, 6) is 0. The summed E-state index contributed by atoms with van der Waals surface area (Å²) in [5.41, 5.74) is 0. The molecule has 0 N–H and O–H groups in total. The van der Waals surface area contributed by atoms with Crippen LogP contribution in [0.4, 0.5) is 0 Å². The van der Waals surface area contributed by atoms with Crippen LogP contribution in [0.3, 0.4) is 0 Å². The molecule has 68 valence electrons. The third kappa shape index (κ3) is 3.54. The molecular formula is C5H9N3O3S. The van der Waals surface area contributed by atoms with Crippen LogP contribution in [0, 0.1) is 0 Å². The number of aliphatic imine (C=N–C) groups is 1. The lowest BCUT2D eigenvalue weighted by Gasteiger charge is -2.01. The zero-order valence-electron chi connectivity index (χ0n) is 6.54. The largest absolute Gasteiger partial charge is 0.270 e. The van der Waals surface area contributed by atoms with E-state index >= 15 is 0 Å². The number of hydrogen-bond donors (Lipinski definition) is 0. The summed E-state index contributed by atoms with van der Waals surface area (Å²) in [6, 6.07) is 0. The molecule has 0 bridgehead atoms. The van der Waals surface area contributed by atoms with Gasteiger partial charge in [-0.1, -0.05) is 0 Å². The molecule has 0 amide bonds. The minimum atomic E-state index is -3.34. The average Bonchev–Trinajstić information content (AvgIpc) is 2.36. The monoisotopic (exact) mass is 191 g/mol. The third-order valence-electron chi connectivity index (χ3n) is 1.16. The Balaban J connectivity index is 2.19. The molecule has 0 fully saturated rings. The number of azo groups is 1. The second kappa shape index (κ2) is 3.72. The quantitative estimate of drug-likeness (QED) is 0.594. The standard InChI is InChI=1S/C5H9N3O3S/c1-12(9,10)11-3-2-5-6-4-7-8-5/h4-5H,2-3H2,1H3. The van der Waals surface area contributed by atoms with Crippen molar-refractivity contribution < 1.29 is 12.6 Å². The Bertz CT molecular complexity index is 283. The van der Waals surface area contributed by atoms with Gasteiger partial charge in [0.1, 0.15) is 6.34 Å². The summed E-state index contributed by atoms with van der Waals surface area (Å²) in [7, 11) is -3.34. The van der Waals surface area contributed by atoms with Gasteiger partial charge in [0.2, 0.25) is 0 Å². The van der Waals surface area contributed by atoms with Gasteiger partial charge in [0.05, 0.1) is 12.9 Å². The van der Waals surface area contributed by atoms with Gasteiger partial charge in [-0.15, -0.1) is 5.11 Å². The number of rotatable bonds is 4. The number of hydrogen-bond acceptors (Lipinski definition) is 6. The van der Waals surface area contributed by atoms with E-state index in [9.17, 15) is 8.42 Å². The Labute approximate surface area is 70.5 Å². The van der Waals surface area contributed by atoms with Gasteiger partial charge >= 0.3 is 0 Å². The second-order valence-electron chi connectivity index (χ2n) is 2.29. The smallest absolute Gasteiger partial charge is 0.264 e. The van der Waals surface area contributed by atoms with Crippen LogP contribution in [0.25, 0.3) is 0 Å². The molecule has 0 spiro atoms. The van der Waals surface area contributed by atoms with Crippen molar-refractivity contribution >= 4 is 16.5 Å². The lowest BCUT2D eigenvalue weighted by molar-refractivity contribution is 0.305. The van der Waals surface area contributed by atoms with Gasteiger partial charge in [-0.2, -0.15) is 13.5 Å². The lowest BCUT2D eigenvalue weighted by atomic mass is 10.4. The van der Waals surface area contributed by atoms with Crippen molar-refractivity contribution in [3.63, 3.8) is 0 Å². The van der Waals surface area contributed by atoms with Crippen molar-refractivity contribution in [3.05, 3.63) is 0 Å². The molecule has 1 unspecified atom stereocenters. The van der Waals surface area contributed by atoms with Crippen molar-refractivity contribution in [2.75, 3.05) is 12.9 Å². The van der Waals surface area contributed by atoms with Crippen LogP contribution in [0.2, 0.25) is 0 Å². The summed E-state index contributed by atoms with van der Waals surface area (Å²) < 4.78 is 25.5. The summed E-state index contributed by atoms with van der Waals surface area (Å²) in [6.45, 7) is 0.0971. The fourth-order valence-electron chi connectivity index (χ4n) is 0.681.